The van der Waals surface area contributed by atoms with Gasteiger partial charge in [-0.05, 0) is 39.0 Å². The molecule has 0 amide bonds. The molecule has 2 aromatic rings. The number of nitrogens with zero attached hydrogens (tertiary/aromatic N) is 2. The first-order valence-corrected chi connectivity index (χ1v) is 9.34. The SMILES string of the molecule is CC[P+](CC)(CC)c1ccnc(-c2ccccn2)c1. The summed E-state index contributed by atoms with van der Waals surface area (Å²) in [6, 6.07) is 10.4. The molecular formula is C16H22N2P+. The third-order valence-electron chi connectivity index (χ3n) is 4.03. The van der Waals surface area contributed by atoms with E-state index in [0.29, 0.717) is 0 Å². The number of hydrogen-bond donors (Lipinski definition) is 0. The van der Waals surface area contributed by atoms with Crippen molar-refractivity contribution in [2.24, 2.45) is 0 Å². The minimum absolute atomic E-state index is 0.964. The molecular weight excluding hydrogens is 251 g/mol. The van der Waals surface area contributed by atoms with Gasteiger partial charge in [0.2, 0.25) is 0 Å². The third kappa shape index (κ3) is 2.84. The van der Waals surface area contributed by atoms with E-state index in [-0.39, 0.29) is 0 Å². The van der Waals surface area contributed by atoms with Gasteiger partial charge in [-0.2, -0.15) is 0 Å². The van der Waals surface area contributed by atoms with E-state index in [1.54, 1.807) is 0 Å². The van der Waals surface area contributed by atoms with E-state index < -0.39 is 7.26 Å². The van der Waals surface area contributed by atoms with Gasteiger partial charge in [0.15, 0.2) is 0 Å². The largest absolute Gasteiger partial charge is 0.255 e. The Hall–Kier alpha value is -1.27. The van der Waals surface area contributed by atoms with E-state index in [9.17, 15) is 0 Å². The van der Waals surface area contributed by atoms with Crippen LogP contribution in [0.3, 0.4) is 0 Å². The molecule has 0 radical (unpaired) electrons. The standard InChI is InChI=1S/C16H22N2P/c1-4-19(5-2,6-3)14-10-12-18-16(13-14)15-9-7-8-11-17-15/h7-13H,4-6H2,1-3H3/q+1. The molecule has 2 nitrogen and oxygen atoms in total. The molecule has 3 heteroatoms. The number of pyridine rings is 2. The van der Waals surface area contributed by atoms with Gasteiger partial charge in [-0.15, -0.1) is 0 Å². The van der Waals surface area contributed by atoms with Crippen LogP contribution in [0.5, 0.6) is 0 Å². The van der Waals surface area contributed by atoms with Crippen molar-refractivity contribution < 1.29 is 0 Å². The topological polar surface area (TPSA) is 25.8 Å². The van der Waals surface area contributed by atoms with Gasteiger partial charge >= 0.3 is 0 Å². The second-order valence-corrected chi connectivity index (χ2v) is 9.41. The lowest BCUT2D eigenvalue weighted by Crippen LogP contribution is -2.18. The molecule has 2 rings (SSSR count). The Morgan fingerprint density at radius 3 is 2.11 bits per heavy atom. The first-order valence-electron chi connectivity index (χ1n) is 7.00. The molecule has 0 aromatic carbocycles. The fraction of sp³-hybridized carbons (Fsp3) is 0.375. The van der Waals surface area contributed by atoms with Crippen LogP contribution in [-0.4, -0.2) is 28.5 Å². The summed E-state index contributed by atoms with van der Waals surface area (Å²) in [6.07, 6.45) is 7.57. The maximum atomic E-state index is 4.48. The zero-order valence-electron chi connectivity index (χ0n) is 12.0. The van der Waals surface area contributed by atoms with E-state index in [0.717, 1.165) is 11.4 Å². The summed E-state index contributed by atoms with van der Waals surface area (Å²) in [6.45, 7) is 6.96. The van der Waals surface area contributed by atoms with E-state index >= 15 is 0 Å². The summed E-state index contributed by atoms with van der Waals surface area (Å²) in [5.74, 6) is 0. The van der Waals surface area contributed by atoms with Crippen LogP contribution in [0.4, 0.5) is 0 Å². The van der Waals surface area contributed by atoms with Crippen LogP contribution in [-0.2, 0) is 0 Å². The normalized spacial score (nSPS) is 11.5. The molecule has 2 heterocycles. The molecule has 100 valence electrons. The summed E-state index contributed by atoms with van der Waals surface area (Å²) in [5.41, 5.74) is 1.96. The fourth-order valence-electron chi connectivity index (χ4n) is 2.59. The van der Waals surface area contributed by atoms with Crippen molar-refractivity contribution in [3.63, 3.8) is 0 Å². The predicted molar refractivity (Wildman–Crippen MR) is 85.6 cm³/mol. The maximum absolute atomic E-state index is 4.48. The average molecular weight is 273 g/mol. The van der Waals surface area contributed by atoms with Gasteiger partial charge in [-0.25, -0.2) is 0 Å². The first-order chi connectivity index (χ1) is 9.25. The smallest absolute Gasteiger partial charge is 0.0976 e. The molecule has 0 aliphatic rings. The lowest BCUT2D eigenvalue weighted by Gasteiger charge is -2.23. The van der Waals surface area contributed by atoms with Crippen molar-refractivity contribution in [2.75, 3.05) is 18.5 Å². The second kappa shape index (κ2) is 6.25. The molecule has 0 fully saturated rings. The zero-order valence-corrected chi connectivity index (χ0v) is 12.9. The summed E-state index contributed by atoms with van der Waals surface area (Å²) in [4.78, 5) is 8.88. The van der Waals surface area contributed by atoms with Crippen LogP contribution in [0.25, 0.3) is 11.4 Å². The third-order valence-corrected chi connectivity index (χ3v) is 9.04. The van der Waals surface area contributed by atoms with Crippen molar-refractivity contribution in [1.82, 2.24) is 9.97 Å². The van der Waals surface area contributed by atoms with Crippen LogP contribution in [0.15, 0.2) is 42.7 Å². The molecule has 0 saturated carbocycles. The van der Waals surface area contributed by atoms with Crippen molar-refractivity contribution in [3.8, 4) is 11.4 Å². The van der Waals surface area contributed by atoms with E-state index in [2.05, 4.69) is 42.9 Å². The van der Waals surface area contributed by atoms with E-state index in [1.807, 2.05) is 30.6 Å². The molecule has 0 N–H and O–H groups in total. The van der Waals surface area contributed by atoms with Crippen LogP contribution in [0.2, 0.25) is 0 Å². The van der Waals surface area contributed by atoms with Crippen molar-refractivity contribution in [2.45, 2.75) is 20.8 Å². The molecule has 0 bridgehead atoms. The highest BCUT2D eigenvalue weighted by atomic mass is 31.2. The van der Waals surface area contributed by atoms with Crippen LogP contribution in [0.1, 0.15) is 20.8 Å². The Balaban J connectivity index is 2.45. The van der Waals surface area contributed by atoms with Gasteiger partial charge in [0.25, 0.3) is 0 Å². The van der Waals surface area contributed by atoms with Gasteiger partial charge < -0.3 is 0 Å². The predicted octanol–water partition coefficient (Wildman–Crippen LogP) is 3.85. The monoisotopic (exact) mass is 273 g/mol. The Morgan fingerprint density at radius 2 is 1.53 bits per heavy atom. The molecule has 0 unspecified atom stereocenters. The molecule has 0 aliphatic heterocycles. The molecule has 19 heavy (non-hydrogen) atoms. The van der Waals surface area contributed by atoms with Crippen molar-refractivity contribution in [3.05, 3.63) is 42.7 Å². The number of hydrogen-bond acceptors (Lipinski definition) is 2. The molecule has 0 aliphatic carbocycles. The Bertz CT molecular complexity index is 513. The summed E-state index contributed by atoms with van der Waals surface area (Å²) >= 11 is 0. The van der Waals surface area contributed by atoms with Gasteiger partial charge in [-0.3, -0.25) is 9.97 Å². The summed E-state index contributed by atoms with van der Waals surface area (Å²) in [5, 5.41) is 1.50. The van der Waals surface area contributed by atoms with Crippen molar-refractivity contribution in [1.29, 1.82) is 0 Å². The quantitative estimate of drug-likeness (QED) is 0.773. The molecule has 0 atom stereocenters. The maximum Gasteiger partial charge on any atom is 0.0976 e. The Labute approximate surface area is 116 Å². The summed E-state index contributed by atoms with van der Waals surface area (Å²) in [7, 11) is -1.01. The Morgan fingerprint density at radius 1 is 0.842 bits per heavy atom. The zero-order chi connectivity index (χ0) is 13.7. The van der Waals surface area contributed by atoms with Gasteiger partial charge in [-0.1, -0.05) is 6.07 Å². The van der Waals surface area contributed by atoms with Crippen LogP contribution >= 0.6 is 7.26 Å². The number of aromatic nitrogens is 2. The average Bonchev–Trinajstić information content (AvgIpc) is 2.51. The minimum Gasteiger partial charge on any atom is -0.255 e. The highest BCUT2D eigenvalue weighted by Gasteiger charge is 2.34. The van der Waals surface area contributed by atoms with E-state index in [1.165, 1.54) is 23.8 Å². The molecule has 2 aromatic heterocycles. The van der Waals surface area contributed by atoms with Crippen molar-refractivity contribution >= 4 is 12.6 Å². The minimum atomic E-state index is -1.01. The van der Waals surface area contributed by atoms with Gasteiger partial charge in [0, 0.05) is 25.7 Å². The first kappa shape index (κ1) is 14.1. The highest BCUT2D eigenvalue weighted by molar-refractivity contribution is 7.82. The van der Waals surface area contributed by atoms with Gasteiger partial charge in [0.1, 0.15) is 0 Å². The molecule has 0 saturated heterocycles. The lowest BCUT2D eigenvalue weighted by molar-refractivity contribution is 1.25. The summed E-state index contributed by atoms with van der Waals surface area (Å²) < 4.78 is 0. The van der Waals surface area contributed by atoms with Gasteiger partial charge in [0.05, 0.1) is 35.2 Å². The van der Waals surface area contributed by atoms with Crippen LogP contribution < -0.4 is 5.30 Å². The van der Waals surface area contributed by atoms with Crippen LogP contribution in [0, 0.1) is 0 Å². The number of rotatable bonds is 5. The van der Waals surface area contributed by atoms with E-state index in [4.69, 9.17) is 0 Å². The second-order valence-electron chi connectivity index (χ2n) is 4.71. The Kier molecular flexibility index (Phi) is 4.66. The lowest BCUT2D eigenvalue weighted by atomic mass is 10.2. The highest BCUT2D eigenvalue weighted by Crippen LogP contribution is 2.56. The molecule has 0 spiro atoms. The fourth-order valence-corrected chi connectivity index (χ4v) is 5.80.